The number of fused-ring (bicyclic) bond motifs is 1. The van der Waals surface area contributed by atoms with Gasteiger partial charge in [-0.2, -0.15) is 13.2 Å². The maximum atomic E-state index is 13.3. The summed E-state index contributed by atoms with van der Waals surface area (Å²) in [5.74, 6) is 0.305. The van der Waals surface area contributed by atoms with Gasteiger partial charge in [0.1, 0.15) is 10.6 Å². The van der Waals surface area contributed by atoms with Crippen molar-refractivity contribution in [2.24, 2.45) is 0 Å². The van der Waals surface area contributed by atoms with Crippen LogP contribution in [-0.4, -0.2) is 26.0 Å². The van der Waals surface area contributed by atoms with Gasteiger partial charge in [-0.25, -0.2) is 0 Å². The van der Waals surface area contributed by atoms with Crippen LogP contribution in [0.25, 0.3) is 0 Å². The average Bonchev–Trinajstić information content (AvgIpc) is 3.17. The van der Waals surface area contributed by atoms with Crippen LogP contribution < -0.4 is 14.5 Å². The largest absolute Gasteiger partial charge is 0.454 e. The average molecular weight is 497 g/mol. The van der Waals surface area contributed by atoms with Crippen LogP contribution in [0.5, 0.6) is 11.5 Å². The van der Waals surface area contributed by atoms with Gasteiger partial charge in [-0.05, 0) is 57.7 Å². The molecule has 1 aromatic heterocycles. The van der Waals surface area contributed by atoms with E-state index >= 15 is 0 Å². The van der Waals surface area contributed by atoms with Crippen molar-refractivity contribution >= 4 is 44.5 Å². The van der Waals surface area contributed by atoms with Crippen LogP contribution in [0.15, 0.2) is 58.4 Å². The maximum absolute atomic E-state index is 13.3. The molecule has 156 valence electrons. The van der Waals surface area contributed by atoms with E-state index in [1.165, 1.54) is 17.4 Å². The lowest BCUT2D eigenvalue weighted by atomic mass is 10.1. The normalized spacial score (nSPS) is 13.9. The number of rotatable bonds is 3. The lowest BCUT2D eigenvalue weighted by Crippen LogP contribution is -2.42. The number of hydrogen-bond acceptors (Lipinski definition) is 4. The molecule has 0 atom stereocenters. The molecule has 1 aliphatic heterocycles. The van der Waals surface area contributed by atoms with Crippen molar-refractivity contribution < 1.29 is 22.7 Å². The van der Waals surface area contributed by atoms with Gasteiger partial charge in [-0.15, -0.1) is 11.3 Å². The number of nitrogens with zero attached hydrogens (tertiary/aromatic N) is 2. The summed E-state index contributed by atoms with van der Waals surface area (Å²) in [7, 11) is 1.97. The molecule has 2 heterocycles. The van der Waals surface area contributed by atoms with E-state index in [1.54, 1.807) is 16.3 Å². The Balaban J connectivity index is 1.62. The number of alkyl halides is 3. The molecule has 0 bridgehead atoms. The molecule has 1 aliphatic rings. The zero-order valence-electron chi connectivity index (χ0n) is 15.7. The number of likely N-dealkylation sites (N-methyl/N-ethyl adjacent to an activating group) is 1. The highest BCUT2D eigenvalue weighted by Gasteiger charge is 2.32. The van der Waals surface area contributed by atoms with Gasteiger partial charge in [0, 0.05) is 20.1 Å². The molecule has 0 unspecified atom stereocenters. The summed E-state index contributed by atoms with van der Waals surface area (Å²) >= 11 is 4.36. The van der Waals surface area contributed by atoms with Crippen molar-refractivity contribution in [3.8, 4) is 11.5 Å². The molecular weight excluding hydrogens is 481 g/mol. The number of para-hydroxylation sites is 2. The highest BCUT2D eigenvalue weighted by Crippen LogP contribution is 2.40. The Morgan fingerprint density at radius 3 is 2.50 bits per heavy atom. The fourth-order valence-electron chi connectivity index (χ4n) is 3.25. The van der Waals surface area contributed by atoms with Gasteiger partial charge in [-0.3, -0.25) is 4.79 Å². The van der Waals surface area contributed by atoms with Gasteiger partial charge in [-0.1, -0.05) is 12.1 Å². The zero-order valence-corrected chi connectivity index (χ0v) is 18.1. The van der Waals surface area contributed by atoms with Gasteiger partial charge in [0.25, 0.3) is 5.91 Å². The molecule has 4 rings (SSSR count). The third-order valence-corrected chi connectivity index (χ3v) is 6.29. The van der Waals surface area contributed by atoms with Crippen LogP contribution in [0.4, 0.5) is 24.5 Å². The van der Waals surface area contributed by atoms with Crippen LogP contribution in [0.3, 0.4) is 0 Å². The van der Waals surface area contributed by atoms with Gasteiger partial charge in [0.15, 0.2) is 5.75 Å². The number of carbonyl (C=O) groups excluding carboxylic acids is 1. The fraction of sp³-hybridized carbons (Fsp3) is 0.190. The summed E-state index contributed by atoms with van der Waals surface area (Å²) in [5, 5.41) is 1.72. The summed E-state index contributed by atoms with van der Waals surface area (Å²) in [6.45, 7) is 1.21. The summed E-state index contributed by atoms with van der Waals surface area (Å²) in [5.41, 5.74) is 0.991. The first-order chi connectivity index (χ1) is 14.3. The Hall–Kier alpha value is -2.52. The number of halogens is 4. The van der Waals surface area contributed by atoms with Gasteiger partial charge in [0.05, 0.1) is 21.4 Å². The first-order valence-corrected chi connectivity index (χ1v) is 10.7. The molecule has 3 aromatic rings. The SMILES string of the molecule is CN1CCN(C(=O)c2sccc2Oc2ccc(C(F)(F)F)cc2Br)c2ccccc21. The van der Waals surface area contributed by atoms with E-state index < -0.39 is 11.7 Å². The van der Waals surface area contributed by atoms with E-state index in [2.05, 4.69) is 20.8 Å². The van der Waals surface area contributed by atoms with Crippen LogP contribution >= 0.6 is 27.3 Å². The van der Waals surface area contributed by atoms with Gasteiger partial charge in [0.2, 0.25) is 0 Å². The van der Waals surface area contributed by atoms with E-state index in [-0.39, 0.29) is 16.1 Å². The van der Waals surface area contributed by atoms with Crippen LogP contribution in [0.2, 0.25) is 0 Å². The predicted molar refractivity (Wildman–Crippen MR) is 115 cm³/mol. The Morgan fingerprint density at radius 1 is 1.07 bits per heavy atom. The molecule has 4 nitrogen and oxygen atoms in total. The Kier molecular flexibility index (Phi) is 5.50. The summed E-state index contributed by atoms with van der Waals surface area (Å²) < 4.78 is 44.6. The van der Waals surface area contributed by atoms with E-state index in [0.717, 1.165) is 23.5 Å². The predicted octanol–water partition coefficient (Wildman–Crippen LogP) is 6.42. The molecule has 2 aromatic carbocycles. The van der Waals surface area contributed by atoms with Crippen molar-refractivity contribution in [2.45, 2.75) is 6.18 Å². The number of thiophene rings is 1. The molecule has 0 fully saturated rings. The third-order valence-electron chi connectivity index (χ3n) is 4.79. The van der Waals surface area contributed by atoms with E-state index in [0.29, 0.717) is 23.7 Å². The van der Waals surface area contributed by atoms with Crippen LogP contribution in [0.1, 0.15) is 15.2 Å². The number of ether oxygens (including phenoxy) is 1. The lowest BCUT2D eigenvalue weighted by Gasteiger charge is -2.35. The monoisotopic (exact) mass is 496 g/mol. The minimum atomic E-state index is -4.45. The number of benzene rings is 2. The number of anilines is 2. The summed E-state index contributed by atoms with van der Waals surface area (Å²) in [6, 6.07) is 12.4. The first-order valence-electron chi connectivity index (χ1n) is 9.00. The second kappa shape index (κ2) is 7.96. The number of hydrogen-bond donors (Lipinski definition) is 0. The molecule has 0 saturated heterocycles. The Bertz CT molecular complexity index is 1100. The second-order valence-electron chi connectivity index (χ2n) is 6.73. The quantitative estimate of drug-likeness (QED) is 0.419. The molecular formula is C21H16BrF3N2O2S. The van der Waals surface area contributed by atoms with E-state index in [1.807, 2.05) is 31.3 Å². The van der Waals surface area contributed by atoms with Crippen molar-refractivity contribution in [1.82, 2.24) is 0 Å². The molecule has 0 saturated carbocycles. The Morgan fingerprint density at radius 2 is 1.80 bits per heavy atom. The minimum Gasteiger partial charge on any atom is -0.454 e. The smallest absolute Gasteiger partial charge is 0.416 e. The molecule has 30 heavy (non-hydrogen) atoms. The first kappa shape index (κ1) is 20.7. The lowest BCUT2D eigenvalue weighted by molar-refractivity contribution is -0.137. The number of amides is 1. The topological polar surface area (TPSA) is 32.8 Å². The Labute approximate surface area is 183 Å². The van der Waals surface area contributed by atoms with Crippen molar-refractivity contribution in [2.75, 3.05) is 29.9 Å². The second-order valence-corrected chi connectivity index (χ2v) is 8.50. The van der Waals surface area contributed by atoms with Crippen LogP contribution in [0, 0.1) is 0 Å². The standard InChI is InChI=1S/C21H16BrF3N2O2S/c1-26-9-10-27(16-5-3-2-4-15(16)26)20(28)19-18(8-11-30-19)29-17-7-6-13(12-14(17)22)21(23,24)25/h2-8,11-12H,9-10H2,1H3. The van der Waals surface area contributed by atoms with Crippen molar-refractivity contribution in [3.63, 3.8) is 0 Å². The van der Waals surface area contributed by atoms with E-state index in [9.17, 15) is 18.0 Å². The van der Waals surface area contributed by atoms with E-state index in [4.69, 9.17) is 4.74 Å². The van der Waals surface area contributed by atoms with Crippen molar-refractivity contribution in [1.29, 1.82) is 0 Å². The zero-order chi connectivity index (χ0) is 21.5. The van der Waals surface area contributed by atoms with Gasteiger partial charge >= 0.3 is 6.18 Å². The molecule has 0 radical (unpaired) electrons. The summed E-state index contributed by atoms with van der Waals surface area (Å²) in [6.07, 6.45) is -4.45. The minimum absolute atomic E-state index is 0.159. The highest BCUT2D eigenvalue weighted by molar-refractivity contribution is 9.10. The molecule has 9 heteroatoms. The van der Waals surface area contributed by atoms with Crippen LogP contribution in [-0.2, 0) is 6.18 Å². The number of carbonyl (C=O) groups is 1. The molecule has 0 spiro atoms. The third kappa shape index (κ3) is 3.91. The van der Waals surface area contributed by atoms with Crippen molar-refractivity contribution in [3.05, 3.63) is 68.8 Å². The highest BCUT2D eigenvalue weighted by atomic mass is 79.9. The van der Waals surface area contributed by atoms with Gasteiger partial charge < -0.3 is 14.5 Å². The fourth-order valence-corrected chi connectivity index (χ4v) is 4.48. The molecule has 1 amide bonds. The summed E-state index contributed by atoms with van der Waals surface area (Å²) in [4.78, 5) is 17.5. The molecule has 0 aliphatic carbocycles. The molecule has 0 N–H and O–H groups in total. The maximum Gasteiger partial charge on any atom is 0.416 e.